The maximum Gasteiger partial charge on any atom is 0.230 e. The number of nitrogens with one attached hydrogen (secondary N) is 1. The lowest BCUT2D eigenvalue weighted by Crippen LogP contribution is -2.24. The number of nitrogens with zero attached hydrogens (tertiary/aromatic N) is 1. The summed E-state index contributed by atoms with van der Waals surface area (Å²) < 4.78 is 0. The van der Waals surface area contributed by atoms with Crippen molar-refractivity contribution in [2.45, 2.75) is 13.5 Å². The van der Waals surface area contributed by atoms with Gasteiger partial charge in [-0.3, -0.25) is 9.78 Å². The van der Waals surface area contributed by atoms with Crippen molar-refractivity contribution in [2.75, 3.05) is 5.33 Å². The monoisotopic (exact) mass is 242 g/mol. The van der Waals surface area contributed by atoms with Crippen molar-refractivity contribution in [2.24, 2.45) is 0 Å². The first-order valence-corrected chi connectivity index (χ1v) is 5.09. The number of carbonyl (C=O) groups excluding carboxylic acids is 1. The molecule has 0 aliphatic heterocycles. The van der Waals surface area contributed by atoms with Gasteiger partial charge in [-0.05, 0) is 18.6 Å². The highest BCUT2D eigenvalue weighted by Gasteiger charge is 2.00. The second-order valence-electron chi connectivity index (χ2n) is 2.68. The highest BCUT2D eigenvalue weighted by molar-refractivity contribution is 9.09. The lowest BCUT2D eigenvalue weighted by Gasteiger charge is -2.04. The average molecular weight is 243 g/mol. The van der Waals surface area contributed by atoms with Gasteiger partial charge in [-0.25, -0.2) is 0 Å². The molecule has 0 unspecified atom stereocenters. The lowest BCUT2D eigenvalue weighted by atomic mass is 10.2. The Labute approximate surface area is 85.7 Å². The van der Waals surface area contributed by atoms with Gasteiger partial charge in [0.15, 0.2) is 0 Å². The second kappa shape index (κ2) is 4.97. The van der Waals surface area contributed by atoms with E-state index in [1.807, 2.05) is 19.1 Å². The predicted molar refractivity (Wildman–Crippen MR) is 54.6 cm³/mol. The molecular formula is C9H11BrN2O. The maximum absolute atomic E-state index is 10.9. The van der Waals surface area contributed by atoms with Crippen LogP contribution in [0, 0.1) is 6.92 Å². The van der Waals surface area contributed by atoms with Crippen molar-refractivity contribution in [3.05, 3.63) is 29.6 Å². The topological polar surface area (TPSA) is 42.0 Å². The van der Waals surface area contributed by atoms with Crippen LogP contribution in [0.15, 0.2) is 18.3 Å². The molecule has 0 aromatic carbocycles. The van der Waals surface area contributed by atoms with Gasteiger partial charge in [0, 0.05) is 6.20 Å². The van der Waals surface area contributed by atoms with E-state index in [9.17, 15) is 4.79 Å². The van der Waals surface area contributed by atoms with Crippen molar-refractivity contribution in [3.63, 3.8) is 0 Å². The molecule has 1 rings (SSSR count). The van der Waals surface area contributed by atoms with E-state index in [0.29, 0.717) is 11.9 Å². The fourth-order valence-corrected chi connectivity index (χ4v) is 1.13. The molecule has 0 bridgehead atoms. The highest BCUT2D eigenvalue weighted by atomic mass is 79.9. The quantitative estimate of drug-likeness (QED) is 0.815. The third-order valence-electron chi connectivity index (χ3n) is 1.69. The van der Waals surface area contributed by atoms with E-state index in [4.69, 9.17) is 0 Å². The molecule has 1 aromatic heterocycles. The molecule has 1 amide bonds. The number of hydrogen-bond donors (Lipinski definition) is 1. The number of aromatic nitrogens is 1. The van der Waals surface area contributed by atoms with Crippen LogP contribution in [0.3, 0.4) is 0 Å². The molecule has 0 saturated carbocycles. The Morgan fingerprint density at radius 3 is 3.08 bits per heavy atom. The summed E-state index contributed by atoms with van der Waals surface area (Å²) in [6, 6.07) is 3.85. The zero-order chi connectivity index (χ0) is 9.68. The van der Waals surface area contributed by atoms with Gasteiger partial charge in [0.05, 0.1) is 17.6 Å². The van der Waals surface area contributed by atoms with Gasteiger partial charge < -0.3 is 5.32 Å². The van der Waals surface area contributed by atoms with Crippen LogP contribution in [-0.2, 0) is 11.3 Å². The summed E-state index contributed by atoms with van der Waals surface area (Å²) in [4.78, 5) is 15.1. The third kappa shape index (κ3) is 3.14. The summed E-state index contributed by atoms with van der Waals surface area (Å²) in [5, 5.41) is 3.07. The Bertz CT molecular complexity index is 301. The van der Waals surface area contributed by atoms with Crippen molar-refractivity contribution in [3.8, 4) is 0 Å². The number of alkyl halides is 1. The molecule has 0 radical (unpaired) electrons. The number of hydrogen-bond acceptors (Lipinski definition) is 2. The van der Waals surface area contributed by atoms with Crippen LogP contribution in [0.4, 0.5) is 0 Å². The van der Waals surface area contributed by atoms with Crippen molar-refractivity contribution in [1.82, 2.24) is 10.3 Å². The van der Waals surface area contributed by atoms with Gasteiger partial charge in [0.1, 0.15) is 0 Å². The Kier molecular flexibility index (Phi) is 3.89. The van der Waals surface area contributed by atoms with Crippen molar-refractivity contribution in [1.29, 1.82) is 0 Å². The van der Waals surface area contributed by atoms with E-state index in [2.05, 4.69) is 26.2 Å². The molecule has 1 heterocycles. The summed E-state index contributed by atoms with van der Waals surface area (Å²) in [6.45, 7) is 2.47. The SMILES string of the molecule is Cc1cccnc1CNC(=O)CBr. The standard InChI is InChI=1S/C9H11BrN2O/c1-7-3-2-4-11-8(7)6-12-9(13)5-10/h2-4H,5-6H2,1H3,(H,12,13). The highest BCUT2D eigenvalue weighted by Crippen LogP contribution is 2.01. The average Bonchev–Trinajstić information content (AvgIpc) is 2.16. The van der Waals surface area contributed by atoms with E-state index >= 15 is 0 Å². The molecule has 0 spiro atoms. The fourth-order valence-electron chi connectivity index (χ4n) is 0.933. The Balaban J connectivity index is 2.54. The van der Waals surface area contributed by atoms with Gasteiger partial charge >= 0.3 is 0 Å². The minimum absolute atomic E-state index is 0.0231. The molecule has 0 atom stereocenters. The van der Waals surface area contributed by atoms with Crippen LogP contribution in [0.2, 0.25) is 0 Å². The molecule has 0 aliphatic rings. The molecule has 1 aromatic rings. The smallest absolute Gasteiger partial charge is 0.230 e. The van der Waals surface area contributed by atoms with Crippen molar-refractivity contribution < 1.29 is 4.79 Å². The zero-order valence-corrected chi connectivity index (χ0v) is 8.97. The summed E-state index contributed by atoms with van der Waals surface area (Å²) in [5.41, 5.74) is 2.01. The first-order chi connectivity index (χ1) is 6.24. The van der Waals surface area contributed by atoms with Crippen LogP contribution in [0.1, 0.15) is 11.3 Å². The van der Waals surface area contributed by atoms with Crippen LogP contribution in [0.25, 0.3) is 0 Å². The van der Waals surface area contributed by atoms with Gasteiger partial charge in [0.25, 0.3) is 0 Å². The molecule has 70 valence electrons. The second-order valence-corrected chi connectivity index (χ2v) is 3.24. The van der Waals surface area contributed by atoms with E-state index in [1.165, 1.54) is 0 Å². The molecule has 0 fully saturated rings. The van der Waals surface area contributed by atoms with Crippen LogP contribution in [0.5, 0.6) is 0 Å². The Morgan fingerprint density at radius 1 is 1.69 bits per heavy atom. The molecule has 1 N–H and O–H groups in total. The lowest BCUT2D eigenvalue weighted by molar-refractivity contribution is -0.118. The molecule has 0 saturated heterocycles. The zero-order valence-electron chi connectivity index (χ0n) is 7.38. The Hall–Kier alpha value is -0.900. The molecule has 13 heavy (non-hydrogen) atoms. The van der Waals surface area contributed by atoms with Crippen LogP contribution in [-0.4, -0.2) is 16.2 Å². The molecule has 0 aliphatic carbocycles. The summed E-state index contributed by atoms with van der Waals surface area (Å²) >= 11 is 3.07. The summed E-state index contributed by atoms with van der Waals surface area (Å²) in [7, 11) is 0. The van der Waals surface area contributed by atoms with Gasteiger partial charge in [-0.1, -0.05) is 22.0 Å². The first-order valence-electron chi connectivity index (χ1n) is 3.97. The number of halogens is 1. The third-order valence-corrected chi connectivity index (χ3v) is 2.20. The van der Waals surface area contributed by atoms with Gasteiger partial charge in [-0.2, -0.15) is 0 Å². The summed E-state index contributed by atoms with van der Waals surface area (Å²) in [6.07, 6.45) is 1.72. The van der Waals surface area contributed by atoms with E-state index < -0.39 is 0 Å². The number of pyridine rings is 1. The van der Waals surface area contributed by atoms with E-state index in [0.717, 1.165) is 11.3 Å². The fraction of sp³-hybridized carbons (Fsp3) is 0.333. The van der Waals surface area contributed by atoms with Gasteiger partial charge in [0.2, 0.25) is 5.91 Å². The van der Waals surface area contributed by atoms with Crippen molar-refractivity contribution >= 4 is 21.8 Å². The number of rotatable bonds is 3. The molecule has 4 heteroatoms. The summed E-state index contributed by atoms with van der Waals surface area (Å²) in [5.74, 6) is -0.0231. The molecular weight excluding hydrogens is 232 g/mol. The van der Waals surface area contributed by atoms with E-state index in [1.54, 1.807) is 6.20 Å². The number of amides is 1. The molecule has 3 nitrogen and oxygen atoms in total. The Morgan fingerprint density at radius 2 is 2.46 bits per heavy atom. The van der Waals surface area contributed by atoms with E-state index in [-0.39, 0.29) is 5.91 Å². The minimum atomic E-state index is -0.0231. The normalized spacial score (nSPS) is 9.69. The van der Waals surface area contributed by atoms with Crippen LogP contribution >= 0.6 is 15.9 Å². The largest absolute Gasteiger partial charge is 0.350 e. The predicted octanol–water partition coefficient (Wildman–Crippen LogP) is 1.40. The number of aryl methyl sites for hydroxylation is 1. The first kappa shape index (κ1) is 10.2. The van der Waals surface area contributed by atoms with Gasteiger partial charge in [-0.15, -0.1) is 0 Å². The number of carbonyl (C=O) groups is 1. The maximum atomic E-state index is 10.9. The minimum Gasteiger partial charge on any atom is -0.350 e. The van der Waals surface area contributed by atoms with Crippen LogP contribution < -0.4 is 5.32 Å².